The molecular weight excluding hydrogens is 452 g/mol. The Bertz CT molecular complexity index is 587. The molecule has 0 aromatic carbocycles. The number of carboxylic acid groups (broad SMARTS) is 2. The maximum atomic E-state index is 10.6. The molecule has 0 amide bonds. The van der Waals surface area contributed by atoms with E-state index in [1.807, 2.05) is 0 Å². The van der Waals surface area contributed by atoms with E-state index in [4.69, 9.17) is 33.9 Å². The van der Waals surface area contributed by atoms with Gasteiger partial charge in [0, 0.05) is 5.92 Å². The summed E-state index contributed by atoms with van der Waals surface area (Å²) in [4.78, 5) is 21.0. The lowest BCUT2D eigenvalue weighted by Gasteiger charge is -2.41. The molecule has 33 heavy (non-hydrogen) atoms. The van der Waals surface area contributed by atoms with Crippen molar-refractivity contribution in [2.45, 2.75) is 56.8 Å². The molecule has 1 rings (SSSR count). The van der Waals surface area contributed by atoms with Crippen LogP contribution in [0.5, 0.6) is 0 Å². The van der Waals surface area contributed by atoms with Crippen molar-refractivity contribution in [3.05, 3.63) is 0 Å². The van der Waals surface area contributed by atoms with Gasteiger partial charge in [-0.25, -0.2) is 9.59 Å². The monoisotopic (exact) mass is 486 g/mol. The lowest BCUT2D eigenvalue weighted by molar-refractivity contribution is -0.299. The second-order valence-electron chi connectivity index (χ2n) is 7.95. The number of aliphatic hydroxyl groups excluding tert-OH is 5. The molecule has 0 aliphatic carbocycles. The van der Waals surface area contributed by atoms with Crippen LogP contribution in [0, 0.1) is 11.8 Å². The van der Waals surface area contributed by atoms with E-state index in [-0.39, 0.29) is 19.3 Å². The van der Waals surface area contributed by atoms with E-state index in [2.05, 4.69) is 0 Å². The van der Waals surface area contributed by atoms with Crippen LogP contribution >= 0.6 is 0 Å². The number of rotatable bonds is 16. The van der Waals surface area contributed by atoms with E-state index in [1.54, 1.807) is 13.8 Å². The van der Waals surface area contributed by atoms with Crippen LogP contribution in [-0.4, -0.2) is 130 Å². The van der Waals surface area contributed by atoms with Crippen molar-refractivity contribution in [2.24, 2.45) is 11.8 Å². The molecule has 8 unspecified atom stereocenters. The Morgan fingerprint density at radius 2 is 1.52 bits per heavy atom. The zero-order valence-corrected chi connectivity index (χ0v) is 18.4. The van der Waals surface area contributed by atoms with Gasteiger partial charge in [0.25, 0.3) is 0 Å². The minimum Gasteiger partial charge on any atom is -0.480 e. The fourth-order valence-corrected chi connectivity index (χ4v) is 3.17. The first kappa shape index (κ1) is 29.6. The van der Waals surface area contributed by atoms with E-state index >= 15 is 0 Å². The minimum atomic E-state index is -1.76. The Kier molecular flexibility index (Phi) is 13.2. The lowest BCUT2D eigenvalue weighted by atomic mass is 9.88. The number of hydrogen-bond acceptors (Lipinski definition) is 12. The summed E-state index contributed by atoms with van der Waals surface area (Å²) in [5.41, 5.74) is 0. The first-order chi connectivity index (χ1) is 15.5. The maximum Gasteiger partial charge on any atom is 0.329 e. The quantitative estimate of drug-likeness (QED) is 0.0852. The molecule has 1 aliphatic rings. The van der Waals surface area contributed by atoms with Gasteiger partial charge in [0.2, 0.25) is 0 Å². The summed E-state index contributed by atoms with van der Waals surface area (Å²) in [5.74, 6) is -3.17. The van der Waals surface area contributed by atoms with Crippen molar-refractivity contribution < 1.29 is 69.0 Å². The van der Waals surface area contributed by atoms with Crippen LogP contribution in [0.2, 0.25) is 0 Å². The summed E-state index contributed by atoms with van der Waals surface area (Å²) in [6.45, 7) is 1.05. The fraction of sp³-hybridized carbons (Fsp3) is 0.895. The first-order valence-electron chi connectivity index (χ1n) is 10.3. The number of aliphatic hydroxyl groups is 5. The van der Waals surface area contributed by atoms with Crippen LogP contribution in [0.3, 0.4) is 0 Å². The van der Waals surface area contributed by atoms with Crippen molar-refractivity contribution >= 4 is 11.9 Å². The predicted octanol–water partition coefficient (Wildman–Crippen LogP) is -3.02. The van der Waals surface area contributed by atoms with Crippen LogP contribution in [0.15, 0.2) is 0 Å². The molecule has 1 saturated heterocycles. The van der Waals surface area contributed by atoms with Gasteiger partial charge in [-0.05, 0) is 5.92 Å². The smallest absolute Gasteiger partial charge is 0.329 e. The van der Waals surface area contributed by atoms with Gasteiger partial charge in [-0.3, -0.25) is 0 Å². The molecule has 194 valence electrons. The van der Waals surface area contributed by atoms with Crippen LogP contribution in [0.4, 0.5) is 0 Å². The van der Waals surface area contributed by atoms with Gasteiger partial charge in [-0.2, -0.15) is 0 Å². The molecule has 1 heterocycles. The van der Waals surface area contributed by atoms with Crippen LogP contribution in [0.1, 0.15) is 13.8 Å². The Morgan fingerprint density at radius 1 is 0.909 bits per heavy atom. The summed E-state index contributed by atoms with van der Waals surface area (Å²) >= 11 is 0. The van der Waals surface area contributed by atoms with Crippen LogP contribution in [-0.2, 0) is 33.3 Å². The van der Waals surface area contributed by atoms with Crippen molar-refractivity contribution in [1.29, 1.82) is 0 Å². The fourth-order valence-electron chi connectivity index (χ4n) is 3.17. The highest BCUT2D eigenvalue weighted by Gasteiger charge is 2.45. The van der Waals surface area contributed by atoms with Gasteiger partial charge in [0.05, 0.1) is 25.9 Å². The number of ether oxygens (including phenoxy) is 5. The standard InChI is InChI=1S/C19H34O14/c1-9(2)10(3-30-8-31-7-14(23)24)15(25)11(20)4-32-18-12(5-29-6-13(21)22)33-19(28)17(27)16(18)26/h9-12,15-20,25-28H,3-8H2,1-2H3,(H,21,22)(H,23,24). The summed E-state index contributed by atoms with van der Waals surface area (Å²) < 4.78 is 25.5. The summed E-state index contributed by atoms with van der Waals surface area (Å²) in [6.07, 6.45) is -10.4. The number of carboxylic acids is 2. The number of aliphatic carboxylic acids is 2. The third-order valence-electron chi connectivity index (χ3n) is 5.02. The molecule has 14 nitrogen and oxygen atoms in total. The topological polar surface area (TPSA) is 222 Å². The molecule has 14 heteroatoms. The Morgan fingerprint density at radius 3 is 2.09 bits per heavy atom. The van der Waals surface area contributed by atoms with E-state index in [1.165, 1.54) is 0 Å². The highest BCUT2D eigenvalue weighted by Crippen LogP contribution is 2.24. The third kappa shape index (κ3) is 10.1. The molecule has 0 aromatic heterocycles. The molecule has 0 saturated carbocycles. The average Bonchev–Trinajstić information content (AvgIpc) is 2.72. The van der Waals surface area contributed by atoms with E-state index in [0.29, 0.717) is 0 Å². The first-order valence-corrected chi connectivity index (χ1v) is 10.3. The van der Waals surface area contributed by atoms with Gasteiger partial charge in [0.15, 0.2) is 6.29 Å². The Balaban J connectivity index is 2.66. The minimum absolute atomic E-state index is 0.0543. The Hall–Kier alpha value is -1.46. The molecular formula is C19H34O14. The van der Waals surface area contributed by atoms with Gasteiger partial charge in [-0.15, -0.1) is 0 Å². The highest BCUT2D eigenvalue weighted by atomic mass is 16.7. The zero-order valence-electron chi connectivity index (χ0n) is 18.4. The third-order valence-corrected chi connectivity index (χ3v) is 5.02. The average molecular weight is 486 g/mol. The molecule has 1 aliphatic heterocycles. The largest absolute Gasteiger partial charge is 0.480 e. The van der Waals surface area contributed by atoms with Crippen LogP contribution in [0.25, 0.3) is 0 Å². The molecule has 0 spiro atoms. The van der Waals surface area contributed by atoms with E-state index in [9.17, 15) is 35.1 Å². The summed E-state index contributed by atoms with van der Waals surface area (Å²) in [7, 11) is 0. The van der Waals surface area contributed by atoms with E-state index < -0.39 is 87.2 Å². The molecule has 8 atom stereocenters. The molecule has 7 N–H and O–H groups in total. The van der Waals surface area contributed by atoms with Crippen molar-refractivity contribution in [3.8, 4) is 0 Å². The lowest BCUT2D eigenvalue weighted by Crippen LogP contribution is -2.60. The highest BCUT2D eigenvalue weighted by molar-refractivity contribution is 5.68. The molecule has 1 fully saturated rings. The number of hydrogen-bond donors (Lipinski definition) is 7. The van der Waals surface area contributed by atoms with Gasteiger partial charge in [-0.1, -0.05) is 13.8 Å². The van der Waals surface area contributed by atoms with Gasteiger partial charge >= 0.3 is 11.9 Å². The Labute approximate surface area is 190 Å². The van der Waals surface area contributed by atoms with Crippen molar-refractivity contribution in [1.82, 2.24) is 0 Å². The predicted molar refractivity (Wildman–Crippen MR) is 106 cm³/mol. The second kappa shape index (κ2) is 14.7. The molecule has 0 bridgehead atoms. The SMILES string of the molecule is CC(C)C(COCOCC(=O)O)C(O)C(O)COC1C(COCC(=O)O)OC(O)C(O)C1O. The van der Waals surface area contributed by atoms with Crippen molar-refractivity contribution in [2.75, 3.05) is 39.8 Å². The van der Waals surface area contributed by atoms with Gasteiger partial charge < -0.3 is 59.4 Å². The van der Waals surface area contributed by atoms with Crippen molar-refractivity contribution in [3.63, 3.8) is 0 Å². The molecule has 0 radical (unpaired) electrons. The molecule has 0 aromatic rings. The second-order valence-corrected chi connectivity index (χ2v) is 7.95. The van der Waals surface area contributed by atoms with Crippen LogP contribution < -0.4 is 0 Å². The van der Waals surface area contributed by atoms with Gasteiger partial charge in [0.1, 0.15) is 50.5 Å². The normalized spacial score (nSPS) is 28.4. The maximum absolute atomic E-state index is 10.6. The zero-order chi connectivity index (χ0) is 25.1. The summed E-state index contributed by atoms with van der Waals surface area (Å²) in [5, 5.41) is 67.9. The van der Waals surface area contributed by atoms with E-state index in [0.717, 1.165) is 0 Å². The number of carbonyl (C=O) groups is 2. The summed E-state index contributed by atoms with van der Waals surface area (Å²) in [6, 6.07) is 0.